The van der Waals surface area contributed by atoms with Gasteiger partial charge in [-0.1, -0.05) is 42.5 Å². The summed E-state index contributed by atoms with van der Waals surface area (Å²) in [5, 5.41) is 11.6. The Morgan fingerprint density at radius 1 is 1.00 bits per heavy atom. The topological polar surface area (TPSA) is 96.6 Å². The van der Waals surface area contributed by atoms with Crippen molar-refractivity contribution in [2.24, 2.45) is 10.1 Å². The van der Waals surface area contributed by atoms with Crippen LogP contribution >= 0.6 is 24.0 Å². The number of hydrogen-bond donors (Lipinski definition) is 3. The van der Waals surface area contributed by atoms with E-state index in [4.69, 9.17) is 5.14 Å². The summed E-state index contributed by atoms with van der Waals surface area (Å²) in [6, 6.07) is 16.7. The van der Waals surface area contributed by atoms with Crippen LogP contribution in [0.5, 0.6) is 0 Å². The van der Waals surface area contributed by atoms with Crippen LogP contribution in [-0.2, 0) is 23.0 Å². The Bertz CT molecular complexity index is 778. The van der Waals surface area contributed by atoms with Crippen LogP contribution in [0.15, 0.2) is 64.5 Å². The quantitative estimate of drug-likeness (QED) is 0.338. The third-order valence-electron chi connectivity index (χ3n) is 3.48. The molecule has 0 fully saturated rings. The molecule has 0 aliphatic rings. The minimum Gasteiger partial charge on any atom is -0.356 e. The first kappa shape index (κ1) is 21.4. The van der Waals surface area contributed by atoms with Crippen LogP contribution in [0.2, 0.25) is 0 Å². The lowest BCUT2D eigenvalue weighted by Crippen LogP contribution is -2.37. The van der Waals surface area contributed by atoms with Crippen molar-refractivity contribution in [3.8, 4) is 0 Å². The summed E-state index contributed by atoms with van der Waals surface area (Å²) in [7, 11) is -1.91. The molecule has 0 unspecified atom stereocenters. The van der Waals surface area contributed by atoms with Crippen molar-refractivity contribution in [3.05, 3.63) is 65.7 Å². The molecule has 0 atom stereocenters. The summed E-state index contributed by atoms with van der Waals surface area (Å²) in [4.78, 5) is 4.30. The van der Waals surface area contributed by atoms with Crippen LogP contribution in [0, 0.1) is 0 Å². The molecule has 0 amide bonds. The smallest absolute Gasteiger partial charge is 0.238 e. The Balaban J connectivity index is 0.00000312. The number of sulfonamides is 1. The number of benzene rings is 2. The Kier molecular flexibility index (Phi) is 8.87. The van der Waals surface area contributed by atoms with E-state index in [2.05, 4.69) is 15.6 Å². The molecule has 0 heterocycles. The van der Waals surface area contributed by atoms with Gasteiger partial charge in [-0.15, -0.1) is 24.0 Å². The van der Waals surface area contributed by atoms with E-state index in [0.29, 0.717) is 13.1 Å². The van der Waals surface area contributed by atoms with Crippen LogP contribution in [0.25, 0.3) is 0 Å². The molecular formula is C17H23IN4O2S. The number of hydrogen-bond acceptors (Lipinski definition) is 3. The van der Waals surface area contributed by atoms with Gasteiger partial charge in [-0.05, 0) is 29.7 Å². The van der Waals surface area contributed by atoms with Crippen molar-refractivity contribution in [2.75, 3.05) is 13.6 Å². The van der Waals surface area contributed by atoms with E-state index in [1.807, 2.05) is 30.3 Å². The second-order valence-corrected chi connectivity index (χ2v) is 6.84. The first-order valence-electron chi connectivity index (χ1n) is 7.59. The molecule has 2 aromatic rings. The molecular weight excluding hydrogens is 451 g/mol. The van der Waals surface area contributed by atoms with E-state index in [1.54, 1.807) is 19.2 Å². The molecule has 0 spiro atoms. The van der Waals surface area contributed by atoms with Gasteiger partial charge in [0.2, 0.25) is 10.0 Å². The van der Waals surface area contributed by atoms with Gasteiger partial charge in [0.25, 0.3) is 0 Å². The fraction of sp³-hybridized carbons (Fsp3) is 0.235. The van der Waals surface area contributed by atoms with Crippen molar-refractivity contribution in [3.63, 3.8) is 0 Å². The van der Waals surface area contributed by atoms with Gasteiger partial charge in [0, 0.05) is 20.1 Å². The zero-order chi connectivity index (χ0) is 17.4. The molecule has 136 valence electrons. The largest absolute Gasteiger partial charge is 0.356 e. The fourth-order valence-electron chi connectivity index (χ4n) is 2.17. The number of primary sulfonamides is 1. The Morgan fingerprint density at radius 3 is 2.20 bits per heavy atom. The minimum atomic E-state index is -3.64. The first-order valence-corrected chi connectivity index (χ1v) is 9.14. The molecule has 2 rings (SSSR count). The summed E-state index contributed by atoms with van der Waals surface area (Å²) in [6.45, 7) is 1.38. The average Bonchev–Trinajstić information content (AvgIpc) is 2.58. The van der Waals surface area contributed by atoms with Crippen molar-refractivity contribution in [1.82, 2.24) is 10.6 Å². The molecule has 0 aromatic heterocycles. The number of rotatable bonds is 6. The summed E-state index contributed by atoms with van der Waals surface area (Å²) in [5.74, 6) is 0.722. The van der Waals surface area contributed by atoms with Gasteiger partial charge in [-0.2, -0.15) is 0 Å². The van der Waals surface area contributed by atoms with Gasteiger partial charge in [0.1, 0.15) is 0 Å². The number of aliphatic imine (C=N–C) groups is 1. The number of nitrogens with two attached hydrogens (primary N) is 1. The highest BCUT2D eigenvalue weighted by Crippen LogP contribution is 2.08. The highest BCUT2D eigenvalue weighted by Gasteiger charge is 2.06. The third kappa shape index (κ3) is 7.41. The van der Waals surface area contributed by atoms with Crippen molar-refractivity contribution < 1.29 is 8.42 Å². The van der Waals surface area contributed by atoms with Gasteiger partial charge < -0.3 is 10.6 Å². The van der Waals surface area contributed by atoms with E-state index in [0.717, 1.165) is 17.9 Å². The SMILES string of the molecule is CN=C(NCCc1ccc(S(N)(=O)=O)cc1)NCc1ccccc1.I. The van der Waals surface area contributed by atoms with Crippen molar-refractivity contribution in [1.29, 1.82) is 0 Å². The average molecular weight is 474 g/mol. The van der Waals surface area contributed by atoms with Crippen LogP contribution in [0.1, 0.15) is 11.1 Å². The van der Waals surface area contributed by atoms with Crippen LogP contribution in [-0.4, -0.2) is 28.0 Å². The predicted octanol–water partition coefficient (Wildman–Crippen LogP) is 1.86. The van der Waals surface area contributed by atoms with Crippen molar-refractivity contribution in [2.45, 2.75) is 17.9 Å². The van der Waals surface area contributed by atoms with Gasteiger partial charge in [0.05, 0.1) is 4.90 Å². The summed E-state index contributed by atoms with van der Waals surface area (Å²) < 4.78 is 22.4. The number of halogens is 1. The maximum atomic E-state index is 11.2. The zero-order valence-corrected chi connectivity index (χ0v) is 17.1. The van der Waals surface area contributed by atoms with Crippen LogP contribution < -0.4 is 15.8 Å². The zero-order valence-electron chi connectivity index (χ0n) is 14.0. The monoisotopic (exact) mass is 474 g/mol. The van der Waals surface area contributed by atoms with E-state index in [9.17, 15) is 8.42 Å². The summed E-state index contributed by atoms with van der Waals surface area (Å²) in [5.41, 5.74) is 2.20. The normalized spacial score (nSPS) is 11.5. The third-order valence-corrected chi connectivity index (χ3v) is 4.41. The number of nitrogens with zero attached hydrogens (tertiary/aromatic N) is 1. The Labute approximate surface area is 166 Å². The van der Waals surface area contributed by atoms with Gasteiger partial charge in [-0.3, -0.25) is 4.99 Å². The van der Waals surface area contributed by atoms with Gasteiger partial charge >= 0.3 is 0 Å². The second kappa shape index (κ2) is 10.4. The van der Waals surface area contributed by atoms with Crippen LogP contribution in [0.4, 0.5) is 0 Å². The summed E-state index contributed by atoms with van der Waals surface area (Å²) in [6.07, 6.45) is 0.747. The molecule has 0 bridgehead atoms. The maximum absolute atomic E-state index is 11.2. The number of guanidine groups is 1. The van der Waals surface area contributed by atoms with E-state index in [1.165, 1.54) is 17.7 Å². The molecule has 6 nitrogen and oxygen atoms in total. The molecule has 4 N–H and O–H groups in total. The molecule has 0 aliphatic carbocycles. The van der Waals surface area contributed by atoms with E-state index in [-0.39, 0.29) is 28.9 Å². The molecule has 0 saturated heterocycles. The molecule has 0 saturated carbocycles. The minimum absolute atomic E-state index is 0. The van der Waals surface area contributed by atoms with E-state index >= 15 is 0 Å². The van der Waals surface area contributed by atoms with Crippen molar-refractivity contribution >= 4 is 40.0 Å². The second-order valence-electron chi connectivity index (χ2n) is 5.28. The van der Waals surface area contributed by atoms with Gasteiger partial charge in [0.15, 0.2) is 5.96 Å². The highest BCUT2D eigenvalue weighted by atomic mass is 127. The first-order chi connectivity index (χ1) is 11.5. The Morgan fingerprint density at radius 2 is 1.64 bits per heavy atom. The maximum Gasteiger partial charge on any atom is 0.238 e. The molecule has 25 heavy (non-hydrogen) atoms. The number of nitrogens with one attached hydrogen (secondary N) is 2. The van der Waals surface area contributed by atoms with Crippen LogP contribution in [0.3, 0.4) is 0 Å². The molecule has 8 heteroatoms. The molecule has 0 aliphatic heterocycles. The lowest BCUT2D eigenvalue weighted by atomic mass is 10.1. The predicted molar refractivity (Wildman–Crippen MR) is 112 cm³/mol. The fourth-order valence-corrected chi connectivity index (χ4v) is 2.69. The summed E-state index contributed by atoms with van der Waals surface area (Å²) >= 11 is 0. The standard InChI is InChI=1S/C17H22N4O2S.HI/c1-19-17(21-13-15-5-3-2-4-6-15)20-12-11-14-7-9-16(10-8-14)24(18,22)23;/h2-10H,11-13H2,1H3,(H2,18,22,23)(H2,19,20,21);1H. The highest BCUT2D eigenvalue weighted by molar-refractivity contribution is 14.0. The van der Waals surface area contributed by atoms with Gasteiger partial charge in [-0.25, -0.2) is 13.6 Å². The lowest BCUT2D eigenvalue weighted by molar-refractivity contribution is 0.598. The molecule has 2 aromatic carbocycles. The Hall–Kier alpha value is -1.65. The lowest BCUT2D eigenvalue weighted by Gasteiger charge is -2.12. The van der Waals surface area contributed by atoms with E-state index < -0.39 is 10.0 Å². The molecule has 0 radical (unpaired) electrons.